The fourth-order valence-electron chi connectivity index (χ4n) is 5.34. The second kappa shape index (κ2) is 9.46. The molecule has 4 aromatic rings. The van der Waals surface area contributed by atoms with E-state index in [9.17, 15) is 4.79 Å². The van der Waals surface area contributed by atoms with Gasteiger partial charge < -0.3 is 20.3 Å². The molecule has 2 N–H and O–H groups in total. The van der Waals surface area contributed by atoms with Crippen molar-refractivity contribution >= 4 is 32.4 Å². The summed E-state index contributed by atoms with van der Waals surface area (Å²) in [5.74, 6) is 0.137. The molecule has 0 bridgehead atoms. The summed E-state index contributed by atoms with van der Waals surface area (Å²) < 4.78 is 23.6. The summed E-state index contributed by atoms with van der Waals surface area (Å²) in [7, 11) is 3.68. The van der Waals surface area contributed by atoms with E-state index in [0.717, 1.165) is 66.1 Å². The highest BCUT2D eigenvalue weighted by atomic mass is 32.1. The number of piperidine rings is 1. The van der Waals surface area contributed by atoms with Gasteiger partial charge in [-0.05, 0) is 76.1 Å². The first-order valence-electron chi connectivity index (χ1n) is 12.5. The number of halogens is 1. The van der Waals surface area contributed by atoms with Gasteiger partial charge in [-0.15, -0.1) is 0 Å². The van der Waals surface area contributed by atoms with E-state index in [2.05, 4.69) is 22.6 Å². The lowest BCUT2D eigenvalue weighted by Gasteiger charge is -2.29. The number of benzene rings is 2. The van der Waals surface area contributed by atoms with Crippen LogP contribution < -0.4 is 15.4 Å². The number of nitrogens with one attached hydrogen (secondary N) is 2. The number of aromatic nitrogens is 2. The van der Waals surface area contributed by atoms with E-state index in [1.807, 2.05) is 34.9 Å². The number of fused-ring (bicyclic) bond motifs is 3. The van der Waals surface area contributed by atoms with Gasteiger partial charge in [0.25, 0.3) is 5.91 Å². The van der Waals surface area contributed by atoms with Crippen molar-refractivity contribution in [1.82, 2.24) is 24.9 Å². The molecule has 2 aliphatic rings. The van der Waals surface area contributed by atoms with E-state index in [1.165, 1.54) is 11.3 Å². The molecule has 2 aromatic heterocycles. The van der Waals surface area contributed by atoms with Gasteiger partial charge >= 0.3 is 0 Å². The summed E-state index contributed by atoms with van der Waals surface area (Å²) in [5.41, 5.74) is 3.47. The molecular formula is C27H30FN5O2S. The second-order valence-corrected chi connectivity index (χ2v) is 10.8. The van der Waals surface area contributed by atoms with Crippen LogP contribution in [0.3, 0.4) is 0 Å². The van der Waals surface area contributed by atoms with E-state index >= 15 is 4.39 Å². The van der Waals surface area contributed by atoms with Crippen molar-refractivity contribution in [2.45, 2.75) is 37.8 Å². The lowest BCUT2D eigenvalue weighted by Crippen LogP contribution is -2.43. The number of amides is 1. The largest absolute Gasteiger partial charge is 0.496 e. The monoisotopic (exact) mass is 507 g/mol. The van der Waals surface area contributed by atoms with Crippen molar-refractivity contribution in [3.8, 4) is 17.0 Å². The Morgan fingerprint density at radius 2 is 2.06 bits per heavy atom. The highest BCUT2D eigenvalue weighted by Crippen LogP contribution is 2.35. The van der Waals surface area contributed by atoms with Gasteiger partial charge in [0.15, 0.2) is 4.96 Å². The summed E-state index contributed by atoms with van der Waals surface area (Å²) in [6.07, 6.45) is 5.89. The maximum Gasteiger partial charge on any atom is 0.255 e. The van der Waals surface area contributed by atoms with E-state index < -0.39 is 0 Å². The fourth-order valence-corrected chi connectivity index (χ4v) is 6.37. The molecule has 2 aliphatic heterocycles. The third kappa shape index (κ3) is 4.25. The van der Waals surface area contributed by atoms with E-state index in [1.54, 1.807) is 13.2 Å². The molecule has 0 radical (unpaired) electrons. The number of hydrogen-bond acceptors (Lipinski definition) is 6. The summed E-state index contributed by atoms with van der Waals surface area (Å²) in [4.78, 5) is 20.8. The number of imidazole rings is 1. The zero-order valence-electron chi connectivity index (χ0n) is 20.5. The van der Waals surface area contributed by atoms with Crippen molar-refractivity contribution in [1.29, 1.82) is 0 Å². The van der Waals surface area contributed by atoms with Crippen LogP contribution in [-0.2, 0) is 0 Å². The summed E-state index contributed by atoms with van der Waals surface area (Å²) in [5, 5.41) is 6.59. The molecule has 6 rings (SSSR count). The highest BCUT2D eigenvalue weighted by Gasteiger charge is 2.23. The molecule has 0 unspecified atom stereocenters. The zero-order chi connectivity index (χ0) is 24.8. The topological polar surface area (TPSA) is 70.9 Å². The van der Waals surface area contributed by atoms with Crippen LogP contribution in [0.2, 0.25) is 0 Å². The summed E-state index contributed by atoms with van der Waals surface area (Å²) >= 11 is 1.48. The fraction of sp³-hybridized carbons (Fsp3) is 0.407. The van der Waals surface area contributed by atoms with Crippen LogP contribution >= 0.6 is 11.3 Å². The predicted octanol–water partition coefficient (Wildman–Crippen LogP) is 4.61. The maximum absolute atomic E-state index is 15.1. The van der Waals surface area contributed by atoms with Gasteiger partial charge in [0.1, 0.15) is 11.6 Å². The van der Waals surface area contributed by atoms with E-state index in [4.69, 9.17) is 9.72 Å². The molecule has 9 heteroatoms. The van der Waals surface area contributed by atoms with Crippen LogP contribution in [0.25, 0.3) is 26.4 Å². The van der Waals surface area contributed by atoms with Crippen LogP contribution in [0.1, 0.15) is 47.6 Å². The minimum atomic E-state index is -0.262. The Morgan fingerprint density at radius 1 is 1.22 bits per heavy atom. The van der Waals surface area contributed by atoms with Crippen molar-refractivity contribution in [2.75, 3.05) is 33.8 Å². The van der Waals surface area contributed by atoms with Crippen molar-refractivity contribution in [2.24, 2.45) is 0 Å². The maximum atomic E-state index is 15.1. The normalized spacial score (nSPS) is 19.4. The van der Waals surface area contributed by atoms with Crippen LogP contribution in [0, 0.1) is 5.82 Å². The second-order valence-electron chi connectivity index (χ2n) is 9.84. The molecule has 2 saturated heterocycles. The number of hydrogen-bond donors (Lipinski definition) is 2. The van der Waals surface area contributed by atoms with Gasteiger partial charge in [-0.25, -0.2) is 9.37 Å². The van der Waals surface area contributed by atoms with Gasteiger partial charge in [0.2, 0.25) is 0 Å². The van der Waals surface area contributed by atoms with Crippen LogP contribution in [0.5, 0.6) is 5.75 Å². The Labute approximate surface area is 213 Å². The molecule has 2 aromatic carbocycles. The molecule has 2 fully saturated rings. The Balaban J connectivity index is 1.30. The number of rotatable bonds is 5. The lowest BCUT2D eigenvalue weighted by molar-refractivity contribution is 0.0914. The van der Waals surface area contributed by atoms with Crippen LogP contribution in [0.15, 0.2) is 36.5 Å². The zero-order valence-corrected chi connectivity index (χ0v) is 21.3. The minimum Gasteiger partial charge on any atom is -0.496 e. The first-order valence-corrected chi connectivity index (χ1v) is 13.3. The molecule has 4 heterocycles. The minimum absolute atomic E-state index is 0.117. The molecule has 1 amide bonds. The Hall–Kier alpha value is -3.01. The van der Waals surface area contributed by atoms with Crippen molar-refractivity contribution in [3.05, 3.63) is 53.5 Å². The average Bonchev–Trinajstić information content (AvgIpc) is 3.61. The number of ether oxygens (including phenoxy) is 1. The third-order valence-corrected chi connectivity index (χ3v) is 8.46. The molecule has 7 nitrogen and oxygen atoms in total. The molecule has 1 atom stereocenters. The molecule has 0 spiro atoms. The quantitative estimate of drug-likeness (QED) is 0.413. The SMILES string of the molecule is COc1cc2c(cc1C(=O)NC1CCN(C)CC1)sc1nc(-c3ccc([C@@H]4CCCN4)cc3F)cn12. The number of methoxy groups -OCH3 is 1. The predicted molar refractivity (Wildman–Crippen MR) is 140 cm³/mol. The van der Waals surface area contributed by atoms with Gasteiger partial charge in [-0.3, -0.25) is 9.20 Å². The first kappa shape index (κ1) is 23.4. The van der Waals surface area contributed by atoms with Gasteiger partial charge in [0.05, 0.1) is 28.6 Å². The molecule has 36 heavy (non-hydrogen) atoms. The molecule has 0 aliphatic carbocycles. The lowest BCUT2D eigenvalue weighted by atomic mass is 10.0. The third-order valence-electron chi connectivity index (χ3n) is 7.45. The number of likely N-dealkylation sites (tertiary alicyclic amines) is 1. The Morgan fingerprint density at radius 3 is 2.78 bits per heavy atom. The van der Waals surface area contributed by atoms with Gasteiger partial charge in [-0.1, -0.05) is 17.4 Å². The van der Waals surface area contributed by atoms with Crippen molar-refractivity contribution < 1.29 is 13.9 Å². The smallest absolute Gasteiger partial charge is 0.255 e. The Kier molecular flexibility index (Phi) is 6.15. The number of carbonyl (C=O) groups is 1. The summed E-state index contributed by atoms with van der Waals surface area (Å²) in [6.45, 7) is 2.93. The molecule has 0 saturated carbocycles. The Bertz CT molecular complexity index is 1430. The standard InChI is InChI=1S/C27H30FN5O2S/c1-32-10-7-17(8-11-32)30-26(34)19-13-25-23(14-24(19)35-2)33-15-22(31-27(33)36-25)18-6-5-16(12-20(18)28)21-4-3-9-29-21/h5-6,12-15,17,21,29H,3-4,7-11H2,1-2H3,(H,30,34)/t21-/m0/s1. The summed E-state index contributed by atoms with van der Waals surface area (Å²) in [6, 6.07) is 9.59. The molecular weight excluding hydrogens is 477 g/mol. The van der Waals surface area contributed by atoms with Gasteiger partial charge in [-0.2, -0.15) is 0 Å². The molecule has 188 valence electrons. The van der Waals surface area contributed by atoms with Crippen LogP contribution in [0.4, 0.5) is 4.39 Å². The van der Waals surface area contributed by atoms with Crippen molar-refractivity contribution in [3.63, 3.8) is 0 Å². The van der Waals surface area contributed by atoms with E-state index in [0.29, 0.717) is 22.6 Å². The van der Waals surface area contributed by atoms with E-state index in [-0.39, 0.29) is 23.8 Å². The van der Waals surface area contributed by atoms with Gasteiger partial charge in [0, 0.05) is 29.9 Å². The highest BCUT2D eigenvalue weighted by molar-refractivity contribution is 7.23. The first-order chi connectivity index (χ1) is 17.5. The number of thiazole rings is 1. The number of nitrogens with zero attached hydrogens (tertiary/aromatic N) is 3. The average molecular weight is 508 g/mol. The number of carbonyl (C=O) groups excluding carboxylic acids is 1. The van der Waals surface area contributed by atoms with Crippen LogP contribution in [-0.4, -0.2) is 60.0 Å².